The van der Waals surface area contributed by atoms with E-state index in [1.165, 1.54) is 5.56 Å². The average Bonchev–Trinajstić information content (AvgIpc) is 3.20. The highest BCUT2D eigenvalue weighted by Gasteiger charge is 2.23. The summed E-state index contributed by atoms with van der Waals surface area (Å²) in [6.07, 6.45) is 2.06. The van der Waals surface area contributed by atoms with Gasteiger partial charge in [-0.1, -0.05) is 23.5 Å². The van der Waals surface area contributed by atoms with Crippen molar-refractivity contribution in [2.24, 2.45) is 0 Å². The van der Waals surface area contributed by atoms with Crippen LogP contribution in [-0.4, -0.2) is 61.4 Å². The number of aromatic nitrogens is 1. The maximum absolute atomic E-state index is 13.6. The summed E-state index contributed by atoms with van der Waals surface area (Å²) in [6, 6.07) is 12.1. The minimum absolute atomic E-state index is 0.0103. The molecule has 0 N–H and O–H groups in total. The standard InChI is InChI=1S/C23H27N3O2S2/c1-16-7-8-18(15-17(16)2)22(27)26(10-9-25-11-13-28-14-12-25)23-24-21-19(29-3)5-4-6-20(21)30-23/h4-8,15H,9-14H2,1-3H3. The van der Waals surface area contributed by atoms with Gasteiger partial charge in [0.2, 0.25) is 0 Å². The third-order valence-corrected chi connectivity index (χ3v) is 7.38. The Morgan fingerprint density at radius 2 is 2.00 bits per heavy atom. The van der Waals surface area contributed by atoms with Gasteiger partial charge in [0.25, 0.3) is 5.91 Å². The van der Waals surface area contributed by atoms with Crippen LogP contribution in [0, 0.1) is 13.8 Å². The van der Waals surface area contributed by atoms with E-state index in [-0.39, 0.29) is 5.91 Å². The monoisotopic (exact) mass is 441 g/mol. The fourth-order valence-corrected chi connectivity index (χ4v) is 5.22. The van der Waals surface area contributed by atoms with Crippen molar-refractivity contribution in [2.75, 3.05) is 50.5 Å². The zero-order valence-electron chi connectivity index (χ0n) is 17.7. The van der Waals surface area contributed by atoms with Crippen LogP contribution < -0.4 is 4.90 Å². The quantitative estimate of drug-likeness (QED) is 0.523. The number of ether oxygens (including phenoxy) is 1. The van der Waals surface area contributed by atoms with Gasteiger partial charge in [-0.3, -0.25) is 14.6 Å². The summed E-state index contributed by atoms with van der Waals surface area (Å²) in [5, 5.41) is 0.767. The molecule has 30 heavy (non-hydrogen) atoms. The van der Waals surface area contributed by atoms with E-state index in [4.69, 9.17) is 9.72 Å². The van der Waals surface area contributed by atoms with Crippen molar-refractivity contribution in [3.63, 3.8) is 0 Å². The van der Waals surface area contributed by atoms with Gasteiger partial charge in [0.15, 0.2) is 5.13 Å². The van der Waals surface area contributed by atoms with E-state index in [1.807, 2.05) is 30.0 Å². The number of nitrogens with zero attached hydrogens (tertiary/aromatic N) is 3. The van der Waals surface area contributed by atoms with Crippen molar-refractivity contribution in [3.05, 3.63) is 53.1 Å². The van der Waals surface area contributed by atoms with Crippen molar-refractivity contribution in [2.45, 2.75) is 18.7 Å². The molecule has 3 aromatic rings. The number of aryl methyl sites for hydroxylation is 2. The maximum Gasteiger partial charge on any atom is 0.260 e. The van der Waals surface area contributed by atoms with Crippen LogP contribution in [-0.2, 0) is 4.74 Å². The fourth-order valence-electron chi connectivity index (χ4n) is 3.57. The van der Waals surface area contributed by atoms with E-state index in [1.54, 1.807) is 23.1 Å². The third kappa shape index (κ3) is 4.54. The van der Waals surface area contributed by atoms with E-state index in [0.29, 0.717) is 12.1 Å². The van der Waals surface area contributed by atoms with Crippen LogP contribution in [0.5, 0.6) is 0 Å². The van der Waals surface area contributed by atoms with Crippen molar-refractivity contribution in [3.8, 4) is 0 Å². The first-order valence-electron chi connectivity index (χ1n) is 10.2. The SMILES string of the molecule is CSc1cccc2sc(N(CCN3CCOCC3)C(=O)c3ccc(C)c(C)c3)nc12. The van der Waals surface area contributed by atoms with Gasteiger partial charge in [-0.15, -0.1) is 11.8 Å². The van der Waals surface area contributed by atoms with Crippen LogP contribution in [0.4, 0.5) is 5.13 Å². The first kappa shape index (κ1) is 21.3. The van der Waals surface area contributed by atoms with E-state index in [9.17, 15) is 4.79 Å². The second-order valence-electron chi connectivity index (χ2n) is 7.51. The largest absolute Gasteiger partial charge is 0.379 e. The summed E-state index contributed by atoms with van der Waals surface area (Å²) in [7, 11) is 0. The van der Waals surface area contributed by atoms with Gasteiger partial charge in [-0.05, 0) is 55.5 Å². The maximum atomic E-state index is 13.6. The zero-order chi connectivity index (χ0) is 21.1. The van der Waals surface area contributed by atoms with Crippen molar-refractivity contribution in [1.29, 1.82) is 0 Å². The van der Waals surface area contributed by atoms with Gasteiger partial charge < -0.3 is 4.74 Å². The molecule has 1 fully saturated rings. The Bertz CT molecular complexity index is 1040. The van der Waals surface area contributed by atoms with Crippen LogP contribution >= 0.6 is 23.1 Å². The normalized spacial score (nSPS) is 14.9. The van der Waals surface area contributed by atoms with Gasteiger partial charge >= 0.3 is 0 Å². The molecule has 1 saturated heterocycles. The Hall–Kier alpha value is -1.93. The molecule has 7 heteroatoms. The number of morpholine rings is 1. The molecule has 0 bridgehead atoms. The highest BCUT2D eigenvalue weighted by Crippen LogP contribution is 2.34. The molecule has 1 aliphatic heterocycles. The number of carbonyl (C=O) groups is 1. The number of para-hydroxylation sites is 1. The number of hydrogen-bond donors (Lipinski definition) is 0. The van der Waals surface area contributed by atoms with Gasteiger partial charge in [-0.2, -0.15) is 0 Å². The zero-order valence-corrected chi connectivity index (χ0v) is 19.3. The van der Waals surface area contributed by atoms with Crippen molar-refractivity contribution >= 4 is 44.4 Å². The molecule has 1 amide bonds. The lowest BCUT2D eigenvalue weighted by molar-refractivity contribution is 0.0391. The molecule has 0 aliphatic carbocycles. The number of benzene rings is 2. The summed E-state index contributed by atoms with van der Waals surface area (Å²) < 4.78 is 6.58. The topological polar surface area (TPSA) is 45.7 Å². The first-order chi connectivity index (χ1) is 14.6. The molecule has 1 aliphatic rings. The smallest absolute Gasteiger partial charge is 0.260 e. The van der Waals surface area contributed by atoms with Gasteiger partial charge in [-0.25, -0.2) is 4.98 Å². The number of hydrogen-bond acceptors (Lipinski definition) is 6. The molecule has 0 atom stereocenters. The molecule has 158 valence electrons. The highest BCUT2D eigenvalue weighted by atomic mass is 32.2. The summed E-state index contributed by atoms with van der Waals surface area (Å²) in [4.78, 5) is 23.8. The van der Waals surface area contributed by atoms with Crippen LogP contribution in [0.2, 0.25) is 0 Å². The molecular formula is C23H27N3O2S2. The number of fused-ring (bicyclic) bond motifs is 1. The Labute approximate surface area is 186 Å². The number of rotatable bonds is 6. The first-order valence-corrected chi connectivity index (χ1v) is 12.2. The lowest BCUT2D eigenvalue weighted by atomic mass is 10.1. The minimum atomic E-state index is 0.0103. The molecule has 0 saturated carbocycles. The minimum Gasteiger partial charge on any atom is -0.379 e. The predicted octanol–water partition coefficient (Wildman–Crippen LogP) is 4.61. The van der Waals surface area contributed by atoms with Crippen molar-refractivity contribution < 1.29 is 9.53 Å². The molecular weight excluding hydrogens is 414 g/mol. The van der Waals surface area contributed by atoms with Gasteiger partial charge in [0.05, 0.1) is 23.4 Å². The third-order valence-electron chi connectivity index (χ3n) is 5.56. The predicted molar refractivity (Wildman–Crippen MR) is 126 cm³/mol. The number of amides is 1. The average molecular weight is 442 g/mol. The number of thioether (sulfide) groups is 1. The van der Waals surface area contributed by atoms with Crippen LogP contribution in [0.1, 0.15) is 21.5 Å². The molecule has 0 radical (unpaired) electrons. The summed E-state index contributed by atoms with van der Waals surface area (Å²) in [5.74, 6) is 0.0103. The van der Waals surface area contributed by atoms with Gasteiger partial charge in [0.1, 0.15) is 0 Å². The molecule has 2 aromatic carbocycles. The Morgan fingerprint density at radius 1 is 1.20 bits per heavy atom. The summed E-state index contributed by atoms with van der Waals surface area (Å²) in [6.45, 7) is 8.85. The van der Waals surface area contributed by atoms with E-state index in [0.717, 1.165) is 58.7 Å². The molecule has 1 aromatic heterocycles. The molecule has 0 unspecified atom stereocenters. The van der Waals surface area contributed by atoms with E-state index >= 15 is 0 Å². The van der Waals surface area contributed by atoms with Crippen LogP contribution in [0.25, 0.3) is 10.2 Å². The lowest BCUT2D eigenvalue weighted by Crippen LogP contribution is -2.43. The Balaban J connectivity index is 1.67. The molecule has 0 spiro atoms. The molecule has 4 rings (SSSR count). The van der Waals surface area contributed by atoms with E-state index < -0.39 is 0 Å². The Kier molecular flexibility index (Phi) is 6.73. The van der Waals surface area contributed by atoms with E-state index in [2.05, 4.69) is 36.3 Å². The second kappa shape index (κ2) is 9.47. The lowest BCUT2D eigenvalue weighted by Gasteiger charge is -2.29. The fraction of sp³-hybridized carbons (Fsp3) is 0.391. The van der Waals surface area contributed by atoms with Gasteiger partial charge in [0, 0.05) is 36.6 Å². The van der Waals surface area contributed by atoms with Crippen molar-refractivity contribution in [1.82, 2.24) is 9.88 Å². The molecule has 2 heterocycles. The number of carbonyl (C=O) groups excluding carboxylic acids is 1. The highest BCUT2D eigenvalue weighted by molar-refractivity contribution is 7.98. The summed E-state index contributed by atoms with van der Waals surface area (Å²) in [5.41, 5.74) is 4.01. The van der Waals surface area contributed by atoms with Crippen LogP contribution in [0.15, 0.2) is 41.3 Å². The van der Waals surface area contributed by atoms with Crippen LogP contribution in [0.3, 0.4) is 0 Å². The molecule has 5 nitrogen and oxygen atoms in total. The number of thiazole rings is 1. The summed E-state index contributed by atoms with van der Waals surface area (Å²) >= 11 is 3.28. The number of anilines is 1. The second-order valence-corrected chi connectivity index (χ2v) is 9.37. The Morgan fingerprint density at radius 3 is 2.73 bits per heavy atom.